The van der Waals surface area contributed by atoms with Gasteiger partial charge in [0.2, 0.25) is 0 Å². The first kappa shape index (κ1) is 15.6. The maximum atomic E-state index is 13.1. The summed E-state index contributed by atoms with van der Waals surface area (Å²) in [5.74, 6) is 0.225. The third kappa shape index (κ3) is 3.86. The average Bonchev–Trinajstić information content (AvgIpc) is 2.47. The Hall–Kier alpha value is -1.78. The van der Waals surface area contributed by atoms with E-state index >= 15 is 0 Å². The summed E-state index contributed by atoms with van der Waals surface area (Å²) in [5, 5.41) is 13.8. The Labute approximate surface area is 128 Å². The number of aliphatic hydroxyl groups is 1. The molecule has 0 spiro atoms. The molecule has 0 radical (unpaired) electrons. The van der Waals surface area contributed by atoms with Crippen LogP contribution in [-0.4, -0.2) is 18.8 Å². The van der Waals surface area contributed by atoms with Gasteiger partial charge in [-0.25, -0.2) is 4.39 Å². The maximum absolute atomic E-state index is 13.1. The number of hydrogen-bond acceptors (Lipinski definition) is 3. The Balaban J connectivity index is 2.11. The number of benzene rings is 2. The van der Waals surface area contributed by atoms with Crippen LogP contribution in [0.25, 0.3) is 0 Å². The van der Waals surface area contributed by atoms with Crippen LogP contribution in [0.5, 0.6) is 5.75 Å². The van der Waals surface area contributed by atoms with Gasteiger partial charge in [0.25, 0.3) is 0 Å². The van der Waals surface area contributed by atoms with Crippen LogP contribution in [0.15, 0.2) is 36.4 Å². The highest BCUT2D eigenvalue weighted by Crippen LogP contribution is 2.31. The van der Waals surface area contributed by atoms with Crippen LogP contribution in [0.4, 0.5) is 10.1 Å². The molecule has 112 valence electrons. The van der Waals surface area contributed by atoms with Crippen LogP contribution in [0.2, 0.25) is 5.02 Å². The van der Waals surface area contributed by atoms with E-state index in [1.54, 1.807) is 25.3 Å². The molecule has 1 atom stereocenters. The molecule has 3 nitrogen and oxygen atoms in total. The molecular formula is C16H17ClFNO2. The molecule has 5 heteroatoms. The first-order chi connectivity index (χ1) is 10.0. The molecule has 0 bridgehead atoms. The van der Waals surface area contributed by atoms with Crippen molar-refractivity contribution in [3.8, 4) is 5.75 Å². The minimum Gasteiger partial charge on any atom is -0.495 e. The van der Waals surface area contributed by atoms with Crippen LogP contribution in [0.3, 0.4) is 0 Å². The first-order valence-electron chi connectivity index (χ1n) is 6.53. The average molecular weight is 310 g/mol. The van der Waals surface area contributed by atoms with E-state index in [2.05, 4.69) is 5.32 Å². The number of ether oxygens (including phenoxy) is 1. The molecule has 21 heavy (non-hydrogen) atoms. The Morgan fingerprint density at radius 1 is 1.33 bits per heavy atom. The van der Waals surface area contributed by atoms with Crippen molar-refractivity contribution in [2.75, 3.05) is 19.0 Å². The van der Waals surface area contributed by atoms with Gasteiger partial charge in [0.05, 0.1) is 18.9 Å². The maximum Gasteiger partial charge on any atom is 0.143 e. The topological polar surface area (TPSA) is 41.5 Å². The zero-order chi connectivity index (χ0) is 15.4. The van der Waals surface area contributed by atoms with Crippen molar-refractivity contribution in [2.45, 2.75) is 13.0 Å². The van der Waals surface area contributed by atoms with Gasteiger partial charge in [0, 0.05) is 17.6 Å². The van der Waals surface area contributed by atoms with Crippen molar-refractivity contribution < 1.29 is 14.2 Å². The predicted molar refractivity (Wildman–Crippen MR) is 82.6 cm³/mol. The summed E-state index contributed by atoms with van der Waals surface area (Å²) in [7, 11) is 1.55. The molecule has 0 aromatic heterocycles. The van der Waals surface area contributed by atoms with Crippen LogP contribution in [0.1, 0.15) is 17.2 Å². The van der Waals surface area contributed by atoms with E-state index in [-0.39, 0.29) is 12.4 Å². The van der Waals surface area contributed by atoms with Gasteiger partial charge in [0.15, 0.2) is 0 Å². The Kier molecular flexibility index (Phi) is 5.04. The van der Waals surface area contributed by atoms with E-state index in [0.717, 1.165) is 11.3 Å². The summed E-state index contributed by atoms with van der Waals surface area (Å²) < 4.78 is 18.4. The summed E-state index contributed by atoms with van der Waals surface area (Å²) in [6.07, 6.45) is -0.818. The van der Waals surface area contributed by atoms with E-state index in [1.165, 1.54) is 12.1 Å². The normalized spacial score (nSPS) is 12.0. The van der Waals surface area contributed by atoms with Crippen molar-refractivity contribution >= 4 is 17.3 Å². The van der Waals surface area contributed by atoms with Crippen molar-refractivity contribution in [1.82, 2.24) is 0 Å². The van der Waals surface area contributed by atoms with Crippen molar-refractivity contribution in [2.24, 2.45) is 0 Å². The molecule has 0 aliphatic heterocycles. The number of halogens is 2. The van der Waals surface area contributed by atoms with E-state index in [1.807, 2.05) is 13.0 Å². The number of aryl methyl sites for hydroxylation is 1. The fourth-order valence-electron chi connectivity index (χ4n) is 2.01. The molecular weight excluding hydrogens is 293 g/mol. The van der Waals surface area contributed by atoms with Crippen LogP contribution in [-0.2, 0) is 0 Å². The molecule has 0 saturated heterocycles. The number of rotatable bonds is 5. The second kappa shape index (κ2) is 6.78. The van der Waals surface area contributed by atoms with Crippen LogP contribution < -0.4 is 10.1 Å². The molecule has 2 rings (SSSR count). The number of aliphatic hydroxyl groups excluding tert-OH is 1. The lowest BCUT2D eigenvalue weighted by atomic mass is 10.1. The van der Waals surface area contributed by atoms with E-state index in [9.17, 15) is 9.50 Å². The predicted octanol–water partition coefficient (Wildman–Crippen LogP) is 3.94. The largest absolute Gasteiger partial charge is 0.495 e. The Morgan fingerprint density at radius 2 is 2.10 bits per heavy atom. The van der Waals surface area contributed by atoms with E-state index in [4.69, 9.17) is 16.3 Å². The lowest BCUT2D eigenvalue weighted by molar-refractivity contribution is 0.191. The minimum atomic E-state index is -0.818. The molecule has 2 aromatic carbocycles. The van der Waals surface area contributed by atoms with Crippen molar-refractivity contribution in [3.05, 3.63) is 58.4 Å². The third-order valence-electron chi connectivity index (χ3n) is 3.20. The van der Waals surface area contributed by atoms with Gasteiger partial charge < -0.3 is 15.2 Å². The molecule has 0 aliphatic carbocycles. The molecule has 0 aliphatic rings. The highest BCUT2D eigenvalue weighted by atomic mass is 35.5. The van der Waals surface area contributed by atoms with Crippen molar-refractivity contribution in [3.63, 3.8) is 0 Å². The zero-order valence-corrected chi connectivity index (χ0v) is 12.6. The molecule has 2 aromatic rings. The number of methoxy groups -OCH3 is 1. The summed E-state index contributed by atoms with van der Waals surface area (Å²) in [5.41, 5.74) is 2.15. The Morgan fingerprint density at radius 3 is 2.76 bits per heavy atom. The minimum absolute atomic E-state index is 0.237. The van der Waals surface area contributed by atoms with Gasteiger partial charge in [-0.15, -0.1) is 0 Å². The fourth-order valence-corrected chi connectivity index (χ4v) is 2.16. The molecule has 0 fully saturated rings. The molecule has 2 N–H and O–H groups in total. The fraction of sp³-hybridized carbons (Fsp3) is 0.250. The standard InChI is InChI=1S/C16H17ClFNO2/c1-10-6-14(16(21-2)8-13(10)17)19-9-15(20)11-4-3-5-12(18)7-11/h3-8,15,19-20H,9H2,1-2H3. The zero-order valence-electron chi connectivity index (χ0n) is 11.9. The van der Waals surface area contributed by atoms with Crippen molar-refractivity contribution in [1.29, 1.82) is 0 Å². The lowest BCUT2D eigenvalue weighted by Gasteiger charge is -2.16. The summed E-state index contributed by atoms with van der Waals surface area (Å²) in [6, 6.07) is 9.47. The van der Waals surface area contributed by atoms with E-state index < -0.39 is 6.10 Å². The highest BCUT2D eigenvalue weighted by molar-refractivity contribution is 6.31. The SMILES string of the molecule is COc1cc(Cl)c(C)cc1NCC(O)c1cccc(F)c1. The highest BCUT2D eigenvalue weighted by Gasteiger charge is 2.11. The molecule has 1 unspecified atom stereocenters. The number of nitrogens with one attached hydrogen (secondary N) is 1. The third-order valence-corrected chi connectivity index (χ3v) is 3.61. The smallest absolute Gasteiger partial charge is 0.143 e. The van der Waals surface area contributed by atoms with Gasteiger partial charge in [-0.2, -0.15) is 0 Å². The number of hydrogen-bond donors (Lipinski definition) is 2. The van der Waals surface area contributed by atoms with Gasteiger partial charge in [-0.05, 0) is 36.2 Å². The second-order valence-corrected chi connectivity index (χ2v) is 5.16. The summed E-state index contributed by atoms with van der Waals surface area (Å²) in [6.45, 7) is 2.12. The Bertz CT molecular complexity index is 634. The summed E-state index contributed by atoms with van der Waals surface area (Å²) >= 11 is 6.04. The van der Waals surface area contributed by atoms with Gasteiger partial charge in [-0.3, -0.25) is 0 Å². The lowest BCUT2D eigenvalue weighted by Crippen LogP contribution is -2.13. The van der Waals surface area contributed by atoms with Gasteiger partial charge in [-0.1, -0.05) is 23.7 Å². The quantitative estimate of drug-likeness (QED) is 0.879. The second-order valence-electron chi connectivity index (χ2n) is 4.75. The summed E-state index contributed by atoms with van der Waals surface area (Å²) in [4.78, 5) is 0. The van der Waals surface area contributed by atoms with E-state index in [0.29, 0.717) is 16.3 Å². The number of anilines is 1. The monoisotopic (exact) mass is 309 g/mol. The van der Waals surface area contributed by atoms with Crippen LogP contribution in [0, 0.1) is 12.7 Å². The molecule has 0 heterocycles. The van der Waals surface area contributed by atoms with Gasteiger partial charge >= 0.3 is 0 Å². The van der Waals surface area contributed by atoms with Gasteiger partial charge in [0.1, 0.15) is 11.6 Å². The first-order valence-corrected chi connectivity index (χ1v) is 6.90. The molecule has 0 amide bonds. The molecule has 0 saturated carbocycles. The van der Waals surface area contributed by atoms with Crippen LogP contribution >= 0.6 is 11.6 Å².